The Bertz CT molecular complexity index is 1270. The number of nitrogens with one attached hydrogen (secondary N) is 4. The van der Waals surface area contributed by atoms with Crippen LogP contribution in [0.4, 0.5) is 0 Å². The lowest BCUT2D eigenvalue weighted by atomic mass is 10.0. The third kappa shape index (κ3) is 9.13. The highest BCUT2D eigenvalue weighted by atomic mass is 16.3. The summed E-state index contributed by atoms with van der Waals surface area (Å²) in [6.45, 7) is 1.82. The second-order valence-corrected chi connectivity index (χ2v) is 10.9. The molecule has 0 bridgehead atoms. The zero-order valence-electron chi connectivity index (χ0n) is 24.6. The molecule has 1 aromatic rings. The van der Waals surface area contributed by atoms with Crippen molar-refractivity contribution in [2.24, 2.45) is 5.73 Å². The van der Waals surface area contributed by atoms with Crippen molar-refractivity contribution in [2.45, 2.75) is 69.8 Å². The molecular weight excluding hydrogens is 582 g/mol. The van der Waals surface area contributed by atoms with Gasteiger partial charge in [0.05, 0.1) is 19.2 Å². The van der Waals surface area contributed by atoms with Crippen molar-refractivity contribution in [3.05, 3.63) is 29.8 Å². The number of β-amino-alcohol motifs (C(OH)–C–C–N with tert-alkyl or cyclic N) is 1. The number of phenolic OH excluding ortho intramolecular Hbond substituents is 1. The lowest BCUT2D eigenvalue weighted by Gasteiger charge is -2.32. The monoisotopic (exact) mass is 621 g/mol. The number of hydrogen-bond donors (Lipinski definition) is 7. The number of amides is 7. The Morgan fingerprint density at radius 2 is 1.66 bits per heavy atom. The normalized spacial score (nSPS) is 20.8. The summed E-state index contributed by atoms with van der Waals surface area (Å²) < 4.78 is 0. The fraction of sp³-hybridized carbons (Fsp3) is 0.536. The van der Waals surface area contributed by atoms with E-state index in [9.17, 15) is 43.8 Å². The second-order valence-electron chi connectivity index (χ2n) is 10.9. The number of nitrogens with two attached hydrogens (primary N) is 1. The van der Waals surface area contributed by atoms with Crippen LogP contribution in [0.25, 0.3) is 0 Å². The van der Waals surface area contributed by atoms with E-state index in [0.717, 1.165) is 0 Å². The fourth-order valence-corrected chi connectivity index (χ4v) is 5.27. The molecule has 0 unspecified atom stereocenters. The molecule has 2 aliphatic heterocycles. The van der Waals surface area contributed by atoms with Gasteiger partial charge in [-0.15, -0.1) is 0 Å². The number of rotatable bonds is 12. The number of aliphatic hydroxyl groups is 1. The first kappa shape index (κ1) is 33.8. The summed E-state index contributed by atoms with van der Waals surface area (Å²) in [7, 11) is 0. The van der Waals surface area contributed by atoms with Crippen molar-refractivity contribution in [3.63, 3.8) is 0 Å². The topological polar surface area (TPSA) is 241 Å². The summed E-state index contributed by atoms with van der Waals surface area (Å²) in [5, 5.41) is 29.5. The van der Waals surface area contributed by atoms with Crippen molar-refractivity contribution in [2.75, 3.05) is 26.2 Å². The van der Waals surface area contributed by atoms with Gasteiger partial charge in [0.15, 0.2) is 0 Å². The van der Waals surface area contributed by atoms with E-state index in [1.807, 2.05) is 0 Å². The first-order valence-corrected chi connectivity index (χ1v) is 14.2. The van der Waals surface area contributed by atoms with Gasteiger partial charge in [-0.2, -0.15) is 0 Å². The van der Waals surface area contributed by atoms with Crippen LogP contribution >= 0.6 is 0 Å². The summed E-state index contributed by atoms with van der Waals surface area (Å²) in [6, 6.07) is 2.13. The van der Waals surface area contributed by atoms with Gasteiger partial charge < -0.3 is 47.0 Å². The molecule has 0 aliphatic carbocycles. The quantitative estimate of drug-likeness (QED) is 0.0908. The number of benzene rings is 1. The number of carbonyl (C=O) groups is 7. The number of phenols is 1. The van der Waals surface area contributed by atoms with Gasteiger partial charge in [-0.25, -0.2) is 0 Å². The molecule has 0 spiro atoms. The Morgan fingerprint density at radius 3 is 2.30 bits per heavy atom. The Hall–Kier alpha value is -4.73. The molecule has 0 saturated carbocycles. The SMILES string of the molecule is CC(=O)N[C@H](Cc1ccc(O)cc1)C(=O)N1CCC[C@@H]1C(=O)N1C[C@H](O)C[C@@H]1C(=O)[15NH][13CH2][12C](=O)N[C@H](C)C(=O)[15NH][13CH2][12C](N)=O. The molecule has 8 N–H and O–H groups in total. The minimum absolute atomic E-state index is 0.0485. The fourth-order valence-electron chi connectivity index (χ4n) is 5.27. The molecule has 2 heterocycles. The number of carbonyl (C=O) groups excluding carboxylic acids is 7. The summed E-state index contributed by atoms with van der Waals surface area (Å²) in [5.74, 6) is -4.22. The predicted molar refractivity (Wildman–Crippen MR) is 153 cm³/mol. The van der Waals surface area contributed by atoms with Gasteiger partial charge in [0.1, 0.15) is 29.9 Å². The first-order chi connectivity index (χ1) is 20.8. The minimum atomic E-state index is -1.11. The zero-order chi connectivity index (χ0) is 32.6. The van der Waals surface area contributed by atoms with Crippen molar-refractivity contribution >= 4 is 41.4 Å². The van der Waals surface area contributed by atoms with Gasteiger partial charge in [0.2, 0.25) is 41.4 Å². The Kier molecular flexibility index (Phi) is 11.6. The van der Waals surface area contributed by atoms with E-state index < -0.39 is 84.7 Å². The van der Waals surface area contributed by atoms with Crippen LogP contribution < -0.4 is 27.0 Å². The van der Waals surface area contributed by atoms with Gasteiger partial charge >= 0.3 is 0 Å². The molecule has 1 aromatic carbocycles. The molecule has 240 valence electrons. The highest BCUT2D eigenvalue weighted by Gasteiger charge is 2.45. The lowest BCUT2D eigenvalue weighted by Crippen LogP contribution is -2.57. The van der Waals surface area contributed by atoms with Gasteiger partial charge in [0.25, 0.3) is 0 Å². The van der Waals surface area contributed by atoms with E-state index in [1.54, 1.807) is 12.1 Å². The summed E-state index contributed by atoms with van der Waals surface area (Å²) in [4.78, 5) is 89.9. The first-order valence-electron chi connectivity index (χ1n) is 14.2. The second kappa shape index (κ2) is 15.1. The number of nitrogens with zero attached hydrogens (tertiary/aromatic N) is 2. The molecule has 2 saturated heterocycles. The predicted octanol–water partition coefficient (Wildman–Crippen LogP) is -3.39. The van der Waals surface area contributed by atoms with Gasteiger partial charge in [-0.05, 0) is 37.5 Å². The molecule has 16 heteroatoms. The van der Waals surface area contributed by atoms with E-state index in [0.29, 0.717) is 18.4 Å². The van der Waals surface area contributed by atoms with Crippen molar-refractivity contribution in [3.8, 4) is 5.75 Å². The average Bonchev–Trinajstić information content (AvgIpc) is 3.61. The molecule has 2 fully saturated rings. The van der Waals surface area contributed by atoms with Crippen LogP contribution in [0, 0.1) is 0 Å². The van der Waals surface area contributed by atoms with E-state index >= 15 is 0 Å². The number of aliphatic hydroxyl groups excluding tert-OH is 1. The lowest BCUT2D eigenvalue weighted by molar-refractivity contribution is -0.148. The van der Waals surface area contributed by atoms with Crippen LogP contribution in [0.1, 0.15) is 38.7 Å². The summed E-state index contributed by atoms with van der Waals surface area (Å²) >= 11 is 0. The molecule has 0 aromatic heterocycles. The number of hydrogen-bond acceptors (Lipinski definition) is 9. The largest absolute Gasteiger partial charge is 0.508 e. The third-order valence-electron chi connectivity index (χ3n) is 7.37. The highest BCUT2D eigenvalue weighted by molar-refractivity contribution is 5.96. The van der Waals surface area contributed by atoms with E-state index in [1.165, 1.54) is 35.8 Å². The molecule has 5 atom stereocenters. The molecule has 44 heavy (non-hydrogen) atoms. The van der Waals surface area contributed by atoms with Crippen molar-refractivity contribution in [1.82, 2.24) is 31.1 Å². The summed E-state index contributed by atoms with van der Waals surface area (Å²) in [5.41, 5.74) is 5.66. The van der Waals surface area contributed by atoms with Crippen LogP contribution in [-0.2, 0) is 40.0 Å². The molecule has 7 amide bonds. The number of aromatic hydroxyl groups is 1. The molecule has 0 radical (unpaired) electrons. The Morgan fingerprint density at radius 1 is 0.977 bits per heavy atom. The van der Waals surface area contributed by atoms with Crippen LogP contribution in [0.3, 0.4) is 0 Å². The van der Waals surface area contributed by atoms with Crippen LogP contribution in [0.2, 0.25) is 0 Å². The maximum Gasteiger partial charge on any atom is 0.246 e. The van der Waals surface area contributed by atoms with Gasteiger partial charge in [-0.3, -0.25) is 33.6 Å². The average molecular weight is 622 g/mol. The van der Waals surface area contributed by atoms with E-state index in [2.05, 4.69) is 21.3 Å². The molecule has 3 rings (SSSR count). The summed E-state index contributed by atoms with van der Waals surface area (Å²) in [6.07, 6.45) is -0.148. The molecular formula is C28H39N7O9. The Labute approximate surface area is 253 Å². The molecule has 2 aliphatic rings. The smallest absolute Gasteiger partial charge is 0.246 e. The third-order valence-corrected chi connectivity index (χ3v) is 7.37. The number of likely N-dealkylation sites (tertiary alicyclic amines) is 2. The highest BCUT2D eigenvalue weighted by Crippen LogP contribution is 2.26. The van der Waals surface area contributed by atoms with Crippen molar-refractivity contribution < 1.29 is 43.8 Å². The standard InChI is InChI=1S/C28H39N7O9/c1-15(25(41)30-12-23(29)39)32-24(40)13-31-26(42)22-11-19(38)14-35(22)28(44)21-4-3-9-34(21)27(43)20(33-16(2)36)10-17-5-7-18(37)8-6-17/h5-8,15,19-22,37-38H,3-4,9-14H2,1-2H3,(H2,29,39)(H,30,41)(H,31,42)(H,32,40)(H,33,36)/t15-,19-,20-,21-,22-/m1/s1/i12+1,13+1,23+0,24+0,30+1,31+1. The van der Waals surface area contributed by atoms with Crippen molar-refractivity contribution in [1.29, 1.82) is 0 Å². The van der Waals surface area contributed by atoms with Crippen LogP contribution in [-0.4, -0.2) is 118 Å². The van der Waals surface area contributed by atoms with Gasteiger partial charge in [-0.1, -0.05) is 12.1 Å². The molecule has 16 nitrogen and oxygen atoms in total. The van der Waals surface area contributed by atoms with E-state index in [4.69, 9.17) is 5.73 Å². The van der Waals surface area contributed by atoms with Gasteiger partial charge in [0, 0.05) is 32.9 Å². The van der Waals surface area contributed by atoms with E-state index in [-0.39, 0.29) is 31.7 Å². The zero-order valence-corrected chi connectivity index (χ0v) is 24.6. The minimum Gasteiger partial charge on any atom is -0.508 e. The maximum absolute atomic E-state index is 13.7. The Balaban J connectivity index is 1.64. The maximum atomic E-state index is 13.7. The number of primary amides is 1. The van der Waals surface area contributed by atoms with Crippen LogP contribution in [0.15, 0.2) is 24.3 Å². The van der Waals surface area contributed by atoms with Crippen LogP contribution in [0.5, 0.6) is 5.75 Å².